The van der Waals surface area contributed by atoms with E-state index in [2.05, 4.69) is 0 Å². The van der Waals surface area contributed by atoms with Gasteiger partial charge in [-0.1, -0.05) is 30.3 Å². The van der Waals surface area contributed by atoms with E-state index in [0.29, 0.717) is 5.56 Å². The van der Waals surface area contributed by atoms with Crippen molar-refractivity contribution in [2.45, 2.75) is 36.9 Å². The Morgan fingerprint density at radius 3 is 2.32 bits per heavy atom. The molecule has 0 unspecified atom stereocenters. The normalized spacial score (nSPS) is 27.7. The second-order valence-corrected chi connectivity index (χ2v) is 4.56. The number of aliphatic hydroxyl groups excluding tert-OH is 4. The molecule has 2 rings (SSSR count). The second kappa shape index (κ2) is 5.66. The van der Waals surface area contributed by atoms with E-state index in [1.54, 1.807) is 30.3 Å². The zero-order valence-electron chi connectivity index (χ0n) is 10.1. The van der Waals surface area contributed by atoms with E-state index in [9.17, 15) is 25.2 Å². The van der Waals surface area contributed by atoms with Gasteiger partial charge in [0.25, 0.3) is 0 Å². The minimum Gasteiger partial charge on any atom is -0.457 e. The number of aliphatic hydroxyl groups is 4. The van der Waals surface area contributed by atoms with Crippen LogP contribution in [0.1, 0.15) is 18.1 Å². The van der Waals surface area contributed by atoms with Crippen LogP contribution in [0.3, 0.4) is 0 Å². The molecule has 0 saturated carbocycles. The summed E-state index contributed by atoms with van der Waals surface area (Å²) in [5.41, 5.74) is 0.424. The van der Waals surface area contributed by atoms with E-state index in [-0.39, 0.29) is 6.42 Å². The number of esters is 1. The molecule has 1 fully saturated rings. The van der Waals surface area contributed by atoms with Crippen LogP contribution in [0.25, 0.3) is 0 Å². The van der Waals surface area contributed by atoms with Crippen LogP contribution in [0.15, 0.2) is 30.3 Å². The van der Waals surface area contributed by atoms with Gasteiger partial charge in [0.05, 0.1) is 6.42 Å². The molecule has 1 heterocycles. The van der Waals surface area contributed by atoms with Crippen LogP contribution in [-0.4, -0.2) is 50.8 Å². The third kappa shape index (κ3) is 2.93. The van der Waals surface area contributed by atoms with Crippen molar-refractivity contribution in [3.63, 3.8) is 0 Å². The van der Waals surface area contributed by atoms with Crippen LogP contribution >= 0.6 is 0 Å². The largest absolute Gasteiger partial charge is 0.457 e. The first-order valence-electron chi connectivity index (χ1n) is 5.97. The Kier molecular flexibility index (Phi) is 4.16. The molecule has 5 atom stereocenters. The maximum absolute atomic E-state index is 11.0. The minimum absolute atomic E-state index is 0.226. The highest BCUT2D eigenvalue weighted by Crippen LogP contribution is 2.25. The molecule has 1 aromatic carbocycles. The van der Waals surface area contributed by atoms with Crippen LogP contribution < -0.4 is 0 Å². The molecular weight excluding hydrogens is 252 g/mol. The van der Waals surface area contributed by atoms with E-state index >= 15 is 0 Å². The number of hydrogen-bond acceptors (Lipinski definition) is 6. The molecule has 104 valence electrons. The molecule has 1 saturated heterocycles. The smallest absolute Gasteiger partial charge is 0.309 e. The van der Waals surface area contributed by atoms with E-state index in [1.165, 1.54) is 0 Å². The van der Waals surface area contributed by atoms with Gasteiger partial charge in [0.2, 0.25) is 0 Å². The Morgan fingerprint density at radius 1 is 1.16 bits per heavy atom. The van der Waals surface area contributed by atoms with Crippen molar-refractivity contribution in [3.8, 4) is 0 Å². The quantitative estimate of drug-likeness (QED) is 0.528. The predicted molar refractivity (Wildman–Crippen MR) is 63.9 cm³/mol. The maximum atomic E-state index is 11.0. The maximum Gasteiger partial charge on any atom is 0.309 e. The van der Waals surface area contributed by atoms with Crippen LogP contribution in [0.4, 0.5) is 0 Å². The van der Waals surface area contributed by atoms with Gasteiger partial charge in [-0.05, 0) is 5.56 Å². The number of benzene rings is 1. The van der Waals surface area contributed by atoms with Crippen LogP contribution in [0.2, 0.25) is 0 Å². The lowest BCUT2D eigenvalue weighted by Gasteiger charge is -2.27. The van der Waals surface area contributed by atoms with Gasteiger partial charge in [-0.2, -0.15) is 0 Å². The predicted octanol–water partition coefficient (Wildman–Crippen LogP) is -0.882. The van der Waals surface area contributed by atoms with E-state index in [4.69, 9.17) is 4.74 Å². The average Bonchev–Trinajstić information content (AvgIpc) is 2.76. The Bertz CT molecular complexity index is 434. The van der Waals surface area contributed by atoms with Gasteiger partial charge < -0.3 is 25.2 Å². The van der Waals surface area contributed by atoms with Crippen LogP contribution in [0.5, 0.6) is 0 Å². The first-order chi connectivity index (χ1) is 9.00. The van der Waals surface area contributed by atoms with Crippen molar-refractivity contribution >= 4 is 5.97 Å². The van der Waals surface area contributed by atoms with E-state index in [0.717, 1.165) is 0 Å². The lowest BCUT2D eigenvalue weighted by molar-refractivity contribution is -0.157. The van der Waals surface area contributed by atoms with Gasteiger partial charge in [-0.15, -0.1) is 0 Å². The summed E-state index contributed by atoms with van der Waals surface area (Å²) in [4.78, 5) is 11.0. The monoisotopic (exact) mass is 268 g/mol. The first kappa shape index (κ1) is 14.0. The van der Waals surface area contributed by atoms with Crippen molar-refractivity contribution in [3.05, 3.63) is 35.9 Å². The Morgan fingerprint density at radius 2 is 1.79 bits per heavy atom. The molecule has 4 N–H and O–H groups in total. The average molecular weight is 268 g/mol. The molecule has 0 aliphatic carbocycles. The number of rotatable bonds is 4. The van der Waals surface area contributed by atoms with Gasteiger partial charge in [-0.25, -0.2) is 0 Å². The summed E-state index contributed by atoms with van der Waals surface area (Å²) in [6, 6.07) is 8.31. The molecular formula is C13H16O6. The summed E-state index contributed by atoms with van der Waals surface area (Å²) < 4.78 is 4.73. The molecule has 0 amide bonds. The van der Waals surface area contributed by atoms with E-state index in [1.807, 2.05) is 0 Å². The fourth-order valence-corrected chi connectivity index (χ4v) is 2.09. The zero-order chi connectivity index (χ0) is 14.0. The molecule has 1 aromatic rings. The number of hydrogen-bond donors (Lipinski definition) is 4. The van der Waals surface area contributed by atoms with Crippen LogP contribution in [-0.2, 0) is 9.53 Å². The summed E-state index contributed by atoms with van der Waals surface area (Å²) in [5.74, 6) is -0.641. The fraction of sp³-hybridized carbons (Fsp3) is 0.462. The lowest BCUT2D eigenvalue weighted by Crippen LogP contribution is -2.45. The molecule has 1 aliphatic heterocycles. The Hall–Kier alpha value is -1.47. The third-order valence-corrected chi connectivity index (χ3v) is 3.17. The lowest BCUT2D eigenvalue weighted by atomic mass is 9.95. The zero-order valence-corrected chi connectivity index (χ0v) is 10.1. The molecule has 0 aromatic heterocycles. The highest BCUT2D eigenvalue weighted by Gasteiger charge is 2.43. The van der Waals surface area contributed by atoms with Gasteiger partial charge in [-0.3, -0.25) is 4.79 Å². The number of carbonyl (C=O) groups is 1. The highest BCUT2D eigenvalue weighted by molar-refractivity contribution is 5.72. The molecule has 1 aliphatic rings. The topological polar surface area (TPSA) is 107 Å². The van der Waals surface area contributed by atoms with Crippen molar-refractivity contribution in [2.75, 3.05) is 0 Å². The number of cyclic esters (lactones) is 1. The highest BCUT2D eigenvalue weighted by atomic mass is 16.6. The molecule has 0 bridgehead atoms. The molecule has 0 spiro atoms. The third-order valence-electron chi connectivity index (χ3n) is 3.17. The SMILES string of the molecule is O=C1C[C@@H](O)[C@H]([C@@H](O)[C@H](O)[C@@H](O)c2ccccc2)O1. The Balaban J connectivity index is 2.07. The second-order valence-electron chi connectivity index (χ2n) is 4.56. The summed E-state index contributed by atoms with van der Waals surface area (Å²) in [6.45, 7) is 0. The van der Waals surface area contributed by atoms with Crippen molar-refractivity contribution in [1.82, 2.24) is 0 Å². The summed E-state index contributed by atoms with van der Waals surface area (Å²) >= 11 is 0. The van der Waals surface area contributed by atoms with Gasteiger partial charge in [0.15, 0.2) is 6.10 Å². The first-order valence-corrected chi connectivity index (χ1v) is 5.97. The van der Waals surface area contributed by atoms with Gasteiger partial charge >= 0.3 is 5.97 Å². The van der Waals surface area contributed by atoms with Crippen molar-refractivity contribution < 1.29 is 30.0 Å². The summed E-state index contributed by atoms with van der Waals surface area (Å²) in [6.07, 6.45) is -7.08. The molecule has 0 radical (unpaired) electrons. The summed E-state index contributed by atoms with van der Waals surface area (Å²) in [5, 5.41) is 39.3. The molecule has 6 heteroatoms. The standard InChI is InChI=1S/C13H16O6/c14-8-6-9(15)19-13(8)12(18)11(17)10(16)7-4-2-1-3-5-7/h1-5,8,10-14,16-18H,6H2/t8-,10+,11-,12+,13-/m1/s1. The number of ether oxygens (including phenoxy) is 1. The molecule has 19 heavy (non-hydrogen) atoms. The van der Waals surface area contributed by atoms with Crippen LogP contribution in [0, 0.1) is 0 Å². The Labute approximate surface area is 109 Å². The van der Waals surface area contributed by atoms with E-state index < -0.39 is 36.5 Å². The van der Waals surface area contributed by atoms with Crippen molar-refractivity contribution in [2.24, 2.45) is 0 Å². The van der Waals surface area contributed by atoms with Crippen molar-refractivity contribution in [1.29, 1.82) is 0 Å². The van der Waals surface area contributed by atoms with Gasteiger partial charge in [0.1, 0.15) is 24.4 Å². The molecule has 6 nitrogen and oxygen atoms in total. The number of carbonyl (C=O) groups excluding carboxylic acids is 1. The van der Waals surface area contributed by atoms with Gasteiger partial charge in [0, 0.05) is 0 Å². The minimum atomic E-state index is -1.56. The fourth-order valence-electron chi connectivity index (χ4n) is 2.09. The summed E-state index contributed by atoms with van der Waals surface area (Å²) in [7, 11) is 0.